The third kappa shape index (κ3) is 1.88. The Labute approximate surface area is 88.3 Å². The number of aldehydes is 1. The highest BCUT2D eigenvalue weighted by Crippen LogP contribution is 2.31. The van der Waals surface area contributed by atoms with Gasteiger partial charge in [0.05, 0.1) is 0 Å². The van der Waals surface area contributed by atoms with Crippen LogP contribution >= 0.6 is 11.3 Å². The van der Waals surface area contributed by atoms with E-state index in [0.717, 1.165) is 29.8 Å². The quantitative estimate of drug-likeness (QED) is 0.757. The minimum atomic E-state index is 0.626. The highest BCUT2D eigenvalue weighted by Gasteiger charge is 2.17. The molecule has 1 saturated heterocycles. The van der Waals surface area contributed by atoms with Crippen molar-refractivity contribution in [2.24, 2.45) is 0 Å². The molecule has 2 heterocycles. The second-order valence-corrected chi connectivity index (χ2v) is 5.11. The van der Waals surface area contributed by atoms with Gasteiger partial charge in [-0.1, -0.05) is 0 Å². The maximum atomic E-state index is 10.7. The van der Waals surface area contributed by atoms with Gasteiger partial charge >= 0.3 is 0 Å². The first kappa shape index (κ1) is 9.87. The summed E-state index contributed by atoms with van der Waals surface area (Å²) in [5.74, 6) is 0.626. The number of aryl methyl sites for hydroxylation is 1. The molecule has 1 aromatic rings. The zero-order chi connectivity index (χ0) is 9.97. The molecule has 14 heavy (non-hydrogen) atoms. The lowest BCUT2D eigenvalue weighted by Crippen LogP contribution is -2.27. The number of carbonyl (C=O) groups is 1. The van der Waals surface area contributed by atoms with E-state index in [0.29, 0.717) is 5.92 Å². The van der Waals surface area contributed by atoms with E-state index in [4.69, 9.17) is 0 Å². The van der Waals surface area contributed by atoms with E-state index >= 15 is 0 Å². The monoisotopic (exact) mass is 209 g/mol. The van der Waals surface area contributed by atoms with Gasteiger partial charge in [-0.2, -0.15) is 0 Å². The molecule has 2 rings (SSSR count). The molecule has 1 aliphatic rings. The van der Waals surface area contributed by atoms with Crippen molar-refractivity contribution < 1.29 is 4.79 Å². The summed E-state index contributed by atoms with van der Waals surface area (Å²) >= 11 is 1.77. The molecule has 0 saturated carbocycles. The van der Waals surface area contributed by atoms with Gasteiger partial charge in [-0.15, -0.1) is 11.3 Å². The predicted molar refractivity (Wildman–Crippen MR) is 59.3 cm³/mol. The van der Waals surface area contributed by atoms with Crippen LogP contribution in [-0.4, -0.2) is 19.4 Å². The Morgan fingerprint density at radius 1 is 1.64 bits per heavy atom. The second-order valence-electron chi connectivity index (χ2n) is 3.82. The van der Waals surface area contributed by atoms with Gasteiger partial charge in [0, 0.05) is 27.8 Å². The first-order valence-corrected chi connectivity index (χ1v) is 5.89. The molecule has 1 fully saturated rings. The first-order valence-electron chi connectivity index (χ1n) is 5.07. The van der Waals surface area contributed by atoms with E-state index in [9.17, 15) is 4.79 Å². The van der Waals surface area contributed by atoms with Crippen molar-refractivity contribution in [3.8, 4) is 0 Å². The number of hydrogen-bond acceptors (Lipinski definition) is 3. The summed E-state index contributed by atoms with van der Waals surface area (Å²) in [6, 6.07) is 2.06. The van der Waals surface area contributed by atoms with E-state index in [-0.39, 0.29) is 0 Å². The Morgan fingerprint density at radius 3 is 3.07 bits per heavy atom. The van der Waals surface area contributed by atoms with Crippen LogP contribution in [0.3, 0.4) is 0 Å². The largest absolute Gasteiger partial charge is 0.316 e. The van der Waals surface area contributed by atoms with Crippen LogP contribution in [0.15, 0.2) is 6.07 Å². The van der Waals surface area contributed by atoms with Gasteiger partial charge in [0.25, 0.3) is 0 Å². The number of thiophene rings is 1. The number of piperidine rings is 1. The van der Waals surface area contributed by atoms with Gasteiger partial charge in [-0.3, -0.25) is 4.79 Å². The highest BCUT2D eigenvalue weighted by atomic mass is 32.1. The summed E-state index contributed by atoms with van der Waals surface area (Å²) in [4.78, 5) is 13.2. The summed E-state index contributed by atoms with van der Waals surface area (Å²) < 4.78 is 0. The molecule has 1 aromatic heterocycles. The molecule has 0 aliphatic carbocycles. The maximum Gasteiger partial charge on any atom is 0.151 e. The van der Waals surface area contributed by atoms with Crippen LogP contribution in [0.4, 0.5) is 0 Å². The zero-order valence-corrected chi connectivity index (χ0v) is 9.19. The molecule has 76 valence electrons. The van der Waals surface area contributed by atoms with E-state index < -0.39 is 0 Å². The molecule has 0 aromatic carbocycles. The Kier molecular flexibility index (Phi) is 2.99. The van der Waals surface area contributed by atoms with Crippen LogP contribution in [0, 0.1) is 6.92 Å². The average Bonchev–Trinajstić information content (AvgIpc) is 2.61. The SMILES string of the molecule is Cc1sc(C2CCCNC2)cc1C=O. The van der Waals surface area contributed by atoms with Crippen LogP contribution in [0.1, 0.15) is 38.9 Å². The summed E-state index contributed by atoms with van der Waals surface area (Å²) in [5, 5.41) is 3.40. The molecular weight excluding hydrogens is 194 g/mol. The van der Waals surface area contributed by atoms with E-state index in [1.54, 1.807) is 11.3 Å². The Hall–Kier alpha value is -0.670. The number of carbonyl (C=O) groups excluding carboxylic acids is 1. The fraction of sp³-hybridized carbons (Fsp3) is 0.545. The van der Waals surface area contributed by atoms with Crippen molar-refractivity contribution in [2.45, 2.75) is 25.7 Å². The van der Waals surface area contributed by atoms with E-state index in [1.165, 1.54) is 17.7 Å². The van der Waals surface area contributed by atoms with Gasteiger partial charge in [0.2, 0.25) is 0 Å². The summed E-state index contributed by atoms with van der Waals surface area (Å²) in [6.07, 6.45) is 3.47. The first-order chi connectivity index (χ1) is 6.81. The third-order valence-corrected chi connectivity index (χ3v) is 4.03. The number of rotatable bonds is 2. The van der Waals surface area contributed by atoms with Crippen LogP contribution < -0.4 is 5.32 Å². The lowest BCUT2D eigenvalue weighted by atomic mass is 9.97. The molecule has 0 spiro atoms. The fourth-order valence-corrected chi connectivity index (χ4v) is 3.07. The van der Waals surface area contributed by atoms with Crippen molar-refractivity contribution in [1.29, 1.82) is 0 Å². The van der Waals surface area contributed by atoms with Crippen LogP contribution in [-0.2, 0) is 0 Å². The average molecular weight is 209 g/mol. The lowest BCUT2D eigenvalue weighted by molar-refractivity contribution is 0.112. The normalized spacial score (nSPS) is 22.2. The summed E-state index contributed by atoms with van der Waals surface area (Å²) in [6.45, 7) is 4.23. The minimum Gasteiger partial charge on any atom is -0.316 e. The summed E-state index contributed by atoms with van der Waals surface area (Å²) in [7, 11) is 0. The van der Waals surface area contributed by atoms with Crippen LogP contribution in [0.5, 0.6) is 0 Å². The van der Waals surface area contributed by atoms with Gasteiger partial charge in [0.15, 0.2) is 6.29 Å². The zero-order valence-electron chi connectivity index (χ0n) is 8.38. The molecule has 0 radical (unpaired) electrons. The molecule has 1 aliphatic heterocycles. The molecule has 0 bridgehead atoms. The van der Waals surface area contributed by atoms with Crippen molar-refractivity contribution in [2.75, 3.05) is 13.1 Å². The van der Waals surface area contributed by atoms with Gasteiger partial charge < -0.3 is 5.32 Å². The molecule has 1 atom stereocenters. The van der Waals surface area contributed by atoms with Crippen molar-refractivity contribution in [3.63, 3.8) is 0 Å². The molecule has 3 heteroatoms. The van der Waals surface area contributed by atoms with Crippen molar-refractivity contribution in [3.05, 3.63) is 21.4 Å². The molecule has 2 nitrogen and oxygen atoms in total. The third-order valence-electron chi connectivity index (χ3n) is 2.80. The minimum absolute atomic E-state index is 0.626. The van der Waals surface area contributed by atoms with Gasteiger partial charge in [-0.25, -0.2) is 0 Å². The number of nitrogens with one attached hydrogen (secondary N) is 1. The van der Waals surface area contributed by atoms with E-state index in [1.807, 2.05) is 6.92 Å². The maximum absolute atomic E-state index is 10.7. The topological polar surface area (TPSA) is 29.1 Å². The smallest absolute Gasteiger partial charge is 0.151 e. The Morgan fingerprint density at radius 2 is 2.50 bits per heavy atom. The number of hydrogen-bond donors (Lipinski definition) is 1. The Bertz CT molecular complexity index is 326. The standard InChI is InChI=1S/C11H15NOS/c1-8-10(7-13)5-11(14-8)9-3-2-4-12-6-9/h5,7,9,12H,2-4,6H2,1H3. The van der Waals surface area contributed by atoms with Crippen molar-refractivity contribution >= 4 is 17.6 Å². The van der Waals surface area contributed by atoms with Crippen LogP contribution in [0.25, 0.3) is 0 Å². The van der Waals surface area contributed by atoms with Gasteiger partial charge in [0.1, 0.15) is 0 Å². The lowest BCUT2D eigenvalue weighted by Gasteiger charge is -2.21. The molecular formula is C11H15NOS. The van der Waals surface area contributed by atoms with Crippen LogP contribution in [0.2, 0.25) is 0 Å². The Balaban J connectivity index is 2.18. The molecule has 1 N–H and O–H groups in total. The van der Waals surface area contributed by atoms with E-state index in [2.05, 4.69) is 11.4 Å². The summed E-state index contributed by atoms with van der Waals surface area (Å²) in [5.41, 5.74) is 0.871. The second kappa shape index (κ2) is 4.24. The van der Waals surface area contributed by atoms with Crippen molar-refractivity contribution in [1.82, 2.24) is 5.32 Å². The van der Waals surface area contributed by atoms with Gasteiger partial charge in [-0.05, 0) is 32.4 Å². The predicted octanol–water partition coefficient (Wildman–Crippen LogP) is 2.34. The fourth-order valence-electron chi connectivity index (χ4n) is 1.93. The highest BCUT2D eigenvalue weighted by molar-refractivity contribution is 7.12. The molecule has 1 unspecified atom stereocenters. The molecule has 0 amide bonds.